The average molecular weight is 694 g/mol. The highest BCUT2D eigenvalue weighted by atomic mass is 19.4. The summed E-state index contributed by atoms with van der Waals surface area (Å²) in [4.78, 5) is 0. The van der Waals surface area contributed by atoms with Gasteiger partial charge in [-0.15, -0.1) is 26.3 Å². The smallest absolute Gasteiger partial charge is 0.403 e. The third kappa shape index (κ3) is 5.09. The van der Waals surface area contributed by atoms with Crippen LogP contribution in [0.2, 0.25) is 0 Å². The fourth-order valence-electron chi connectivity index (χ4n) is 5.10. The van der Waals surface area contributed by atoms with Gasteiger partial charge in [0.25, 0.3) is 0 Å². The molecule has 0 atom stereocenters. The molecule has 0 aromatic heterocycles. The van der Waals surface area contributed by atoms with E-state index in [0.29, 0.717) is 0 Å². The molecular weight excluding hydrogens is 694 g/mol. The molecule has 0 heterocycles. The lowest BCUT2D eigenvalue weighted by molar-refractivity contribution is -0.275. The molecule has 0 saturated heterocycles. The molecule has 1 aliphatic carbocycles. The Morgan fingerprint density at radius 3 is 1.00 bits per heavy atom. The third-order valence-electron chi connectivity index (χ3n) is 6.75. The lowest BCUT2D eigenvalue weighted by atomic mass is 9.86. The van der Waals surface area contributed by atoms with Crippen LogP contribution in [0, 0.1) is 114 Å². The number of allylic oxidation sites excluding steroid dienone is 1. The summed E-state index contributed by atoms with van der Waals surface area (Å²) in [6.45, 7) is 0. The zero-order valence-corrected chi connectivity index (χ0v) is 23.2. The van der Waals surface area contributed by atoms with Gasteiger partial charge in [-0.25, -0.2) is 17.6 Å². The zero-order chi connectivity index (χ0) is 37.6. The number of nitriles is 8. The Labute approximate surface area is 269 Å². The van der Waals surface area contributed by atoms with Crippen molar-refractivity contribution in [3.63, 3.8) is 0 Å². The van der Waals surface area contributed by atoms with Crippen molar-refractivity contribution >= 4 is 11.1 Å². The molecule has 0 saturated carbocycles. The fourth-order valence-corrected chi connectivity index (χ4v) is 5.10. The van der Waals surface area contributed by atoms with Gasteiger partial charge in [0.05, 0.1) is 22.3 Å². The number of hydrogen-bond acceptors (Lipinski definition) is 10. The number of alkyl halides is 6. The van der Waals surface area contributed by atoms with Crippen LogP contribution in [0.1, 0.15) is 55.6 Å². The standard InChI is InChI=1S/C30F10N8O2/c31-23-16(8-48)24(32)26(34)22(25(23)33)13(5-45)19-20-14(6-46)27(49-29(35,36)37)11(3-43)9(1-41)17(20)18-10(2-42)12(4-44)28(50-30(38,39)40)15(7-47)21(18)19. The van der Waals surface area contributed by atoms with Crippen molar-refractivity contribution in [2.75, 3.05) is 0 Å². The summed E-state index contributed by atoms with van der Waals surface area (Å²) in [7, 11) is 0. The summed E-state index contributed by atoms with van der Waals surface area (Å²) < 4.78 is 150. The molecule has 50 heavy (non-hydrogen) atoms. The maximum atomic E-state index is 15.4. The minimum absolute atomic E-state index is 0.786. The van der Waals surface area contributed by atoms with Gasteiger partial charge in [0.15, 0.2) is 34.8 Å². The predicted molar refractivity (Wildman–Crippen MR) is 136 cm³/mol. The van der Waals surface area contributed by atoms with Crippen molar-refractivity contribution in [1.82, 2.24) is 0 Å². The first-order valence-electron chi connectivity index (χ1n) is 12.2. The predicted octanol–water partition coefficient (Wildman–Crippen LogP) is 6.61. The number of nitrogens with zero attached hydrogens (tertiary/aromatic N) is 8. The van der Waals surface area contributed by atoms with Gasteiger partial charge >= 0.3 is 12.7 Å². The number of hydrogen-bond donors (Lipinski definition) is 0. The number of benzene rings is 3. The maximum absolute atomic E-state index is 15.4. The van der Waals surface area contributed by atoms with Gasteiger partial charge in [-0.1, -0.05) is 0 Å². The van der Waals surface area contributed by atoms with Gasteiger partial charge in [-0.3, -0.25) is 0 Å². The zero-order valence-electron chi connectivity index (χ0n) is 23.2. The van der Waals surface area contributed by atoms with Gasteiger partial charge in [-0.2, -0.15) is 42.1 Å². The van der Waals surface area contributed by atoms with E-state index >= 15 is 8.78 Å². The van der Waals surface area contributed by atoms with Crippen molar-refractivity contribution in [3.05, 3.63) is 78.9 Å². The van der Waals surface area contributed by atoms with Gasteiger partial charge in [0.1, 0.15) is 76.4 Å². The molecular formula is C30F10N8O2. The highest BCUT2D eigenvalue weighted by Gasteiger charge is 2.46. The minimum Gasteiger partial charge on any atom is -0.403 e. The Kier molecular flexibility index (Phi) is 8.49. The maximum Gasteiger partial charge on any atom is 0.573 e. The summed E-state index contributed by atoms with van der Waals surface area (Å²) in [5, 5.41) is 78.8. The summed E-state index contributed by atoms with van der Waals surface area (Å²) in [5.74, 6) is -13.7. The van der Waals surface area contributed by atoms with Crippen molar-refractivity contribution in [2.24, 2.45) is 0 Å². The quantitative estimate of drug-likeness (QED) is 0.127. The Bertz CT molecular complexity index is 2350. The van der Waals surface area contributed by atoms with E-state index < -0.39 is 125 Å². The number of rotatable bonds is 3. The summed E-state index contributed by atoms with van der Waals surface area (Å²) in [6, 6.07) is 8.79. The van der Waals surface area contributed by atoms with Crippen molar-refractivity contribution in [2.45, 2.75) is 12.7 Å². The third-order valence-corrected chi connectivity index (χ3v) is 6.75. The van der Waals surface area contributed by atoms with Crippen LogP contribution >= 0.6 is 0 Å². The second-order valence-electron chi connectivity index (χ2n) is 9.15. The largest absolute Gasteiger partial charge is 0.573 e. The second-order valence-corrected chi connectivity index (χ2v) is 9.15. The van der Waals surface area contributed by atoms with Gasteiger partial charge in [0.2, 0.25) is 0 Å². The molecule has 242 valence electrons. The molecule has 0 N–H and O–H groups in total. The van der Waals surface area contributed by atoms with Crippen LogP contribution in [0.3, 0.4) is 0 Å². The SMILES string of the molecule is N#CC(=C1c2c(C#N)c(OC(F)(F)F)c(C#N)c(C#N)c2-c2c(C#N)c(C#N)c(OC(F)(F)F)c(C#N)c21)c1c(F)c(F)c(C#N)c(F)c1F. The van der Waals surface area contributed by atoms with Crippen LogP contribution in [0.25, 0.3) is 22.3 Å². The molecule has 0 spiro atoms. The van der Waals surface area contributed by atoms with Gasteiger partial charge in [-0.05, 0) is 0 Å². The second kappa shape index (κ2) is 12.1. The van der Waals surface area contributed by atoms with Crippen LogP contribution in [0.15, 0.2) is 0 Å². The van der Waals surface area contributed by atoms with E-state index in [2.05, 4.69) is 9.47 Å². The highest BCUT2D eigenvalue weighted by molar-refractivity contribution is 6.18. The molecule has 20 heteroatoms. The number of ether oxygens (including phenoxy) is 2. The van der Waals surface area contributed by atoms with E-state index in [9.17, 15) is 72.0 Å². The van der Waals surface area contributed by atoms with E-state index in [1.165, 1.54) is 12.1 Å². The van der Waals surface area contributed by atoms with Gasteiger partial charge < -0.3 is 9.47 Å². The Hall–Kier alpha value is -7.78. The topological polar surface area (TPSA) is 209 Å². The summed E-state index contributed by atoms with van der Waals surface area (Å²) in [6.07, 6.45) is -11.6. The minimum atomic E-state index is -5.81. The molecule has 4 rings (SSSR count). The monoisotopic (exact) mass is 694 g/mol. The molecule has 0 unspecified atom stereocenters. The van der Waals surface area contributed by atoms with Crippen LogP contribution in [-0.2, 0) is 0 Å². The molecule has 0 amide bonds. The fraction of sp³-hybridized carbons (Fsp3) is 0.0667. The molecule has 0 bridgehead atoms. The number of fused-ring (bicyclic) bond motifs is 3. The Balaban J connectivity index is 2.59. The van der Waals surface area contributed by atoms with E-state index in [-0.39, 0.29) is 0 Å². The molecule has 0 fully saturated rings. The summed E-state index contributed by atoms with van der Waals surface area (Å²) in [5.41, 5.74) is -21.0. The first-order chi connectivity index (χ1) is 23.4. The molecule has 0 radical (unpaired) electrons. The van der Waals surface area contributed by atoms with E-state index in [4.69, 9.17) is 5.26 Å². The molecule has 1 aliphatic rings. The first-order valence-corrected chi connectivity index (χ1v) is 12.2. The summed E-state index contributed by atoms with van der Waals surface area (Å²) >= 11 is 0. The van der Waals surface area contributed by atoms with E-state index in [0.717, 1.165) is 36.4 Å². The van der Waals surface area contributed by atoms with Gasteiger partial charge in [0, 0.05) is 27.8 Å². The molecule has 0 aliphatic heterocycles. The normalized spacial score (nSPS) is 11.2. The van der Waals surface area contributed by atoms with Crippen LogP contribution in [0.4, 0.5) is 43.9 Å². The average Bonchev–Trinajstić information content (AvgIpc) is 3.38. The van der Waals surface area contributed by atoms with Crippen LogP contribution < -0.4 is 9.47 Å². The first kappa shape index (κ1) is 35.1. The lowest BCUT2D eigenvalue weighted by Gasteiger charge is -2.18. The Morgan fingerprint density at radius 2 is 0.740 bits per heavy atom. The van der Waals surface area contributed by atoms with E-state index in [1.54, 1.807) is 0 Å². The van der Waals surface area contributed by atoms with Crippen molar-refractivity contribution in [1.29, 1.82) is 42.1 Å². The molecule has 3 aromatic rings. The molecule has 10 nitrogen and oxygen atoms in total. The van der Waals surface area contributed by atoms with Crippen LogP contribution in [0.5, 0.6) is 11.5 Å². The number of halogens is 10. The van der Waals surface area contributed by atoms with Crippen LogP contribution in [-0.4, -0.2) is 12.7 Å². The molecule has 3 aromatic carbocycles. The Morgan fingerprint density at radius 1 is 0.420 bits per heavy atom. The van der Waals surface area contributed by atoms with Crippen molar-refractivity contribution in [3.8, 4) is 71.2 Å². The van der Waals surface area contributed by atoms with Crippen molar-refractivity contribution < 1.29 is 53.4 Å². The highest BCUT2D eigenvalue weighted by Crippen LogP contribution is 2.58. The van der Waals surface area contributed by atoms with E-state index in [1.807, 2.05) is 0 Å². The lowest BCUT2D eigenvalue weighted by Crippen LogP contribution is -2.20.